The van der Waals surface area contributed by atoms with E-state index in [1.165, 1.54) is 18.9 Å². The fourth-order valence-electron chi connectivity index (χ4n) is 3.38. The number of likely N-dealkylation sites (tertiary alicyclic amines) is 1. The van der Waals surface area contributed by atoms with E-state index >= 15 is 0 Å². The molecule has 1 saturated heterocycles. The van der Waals surface area contributed by atoms with Crippen molar-refractivity contribution in [3.8, 4) is 0 Å². The fourth-order valence-corrected chi connectivity index (χ4v) is 3.38. The average Bonchev–Trinajstić information content (AvgIpc) is 3.07. The van der Waals surface area contributed by atoms with Crippen LogP contribution in [-0.2, 0) is 10.2 Å². The molecule has 0 radical (unpaired) electrons. The Kier molecular flexibility index (Phi) is 10.5. The number of rotatable bonds is 8. The molecule has 1 aromatic rings. The zero-order valence-electron chi connectivity index (χ0n) is 16.9. The predicted molar refractivity (Wildman–Crippen MR) is 121 cm³/mol. The van der Waals surface area contributed by atoms with Crippen LogP contribution in [0.2, 0.25) is 0 Å². The van der Waals surface area contributed by atoms with Gasteiger partial charge in [0.05, 0.1) is 6.61 Å². The van der Waals surface area contributed by atoms with Crippen molar-refractivity contribution < 1.29 is 9.13 Å². The van der Waals surface area contributed by atoms with Gasteiger partial charge in [-0.3, -0.25) is 9.89 Å². The molecule has 0 spiro atoms. The fraction of sp³-hybridized carbons (Fsp3) is 0.650. The van der Waals surface area contributed by atoms with E-state index in [0.29, 0.717) is 12.6 Å². The predicted octanol–water partition coefficient (Wildman–Crippen LogP) is 3.00. The number of benzene rings is 1. The monoisotopic (exact) mass is 492 g/mol. The highest BCUT2D eigenvalue weighted by atomic mass is 127. The Hall–Kier alpha value is -0.930. The highest BCUT2D eigenvalue weighted by Gasteiger charge is 2.25. The summed E-state index contributed by atoms with van der Waals surface area (Å²) in [5, 5.41) is 6.82. The van der Waals surface area contributed by atoms with Gasteiger partial charge in [-0.1, -0.05) is 26.0 Å². The molecule has 1 aliphatic rings. The van der Waals surface area contributed by atoms with Crippen LogP contribution >= 0.6 is 24.0 Å². The smallest absolute Gasteiger partial charge is 0.191 e. The van der Waals surface area contributed by atoms with E-state index < -0.39 is 0 Å². The topological polar surface area (TPSA) is 48.9 Å². The molecule has 0 saturated carbocycles. The average molecular weight is 492 g/mol. The quantitative estimate of drug-likeness (QED) is 0.333. The highest BCUT2D eigenvalue weighted by molar-refractivity contribution is 14.0. The third-order valence-corrected chi connectivity index (χ3v) is 5.11. The third kappa shape index (κ3) is 7.54. The van der Waals surface area contributed by atoms with Gasteiger partial charge in [0.2, 0.25) is 0 Å². The van der Waals surface area contributed by atoms with E-state index in [0.717, 1.165) is 37.8 Å². The Bertz CT molecular complexity index is 597. The molecule has 2 N–H and O–H groups in total. The van der Waals surface area contributed by atoms with E-state index in [9.17, 15) is 4.39 Å². The molecule has 1 aliphatic heterocycles. The van der Waals surface area contributed by atoms with Gasteiger partial charge in [0.15, 0.2) is 5.96 Å². The molecule has 1 fully saturated rings. The summed E-state index contributed by atoms with van der Waals surface area (Å²) in [4.78, 5) is 6.80. The molecule has 7 heteroatoms. The summed E-state index contributed by atoms with van der Waals surface area (Å²) < 4.78 is 18.7. The van der Waals surface area contributed by atoms with Gasteiger partial charge in [-0.15, -0.1) is 24.0 Å². The van der Waals surface area contributed by atoms with Gasteiger partial charge in [-0.25, -0.2) is 4.39 Å². The summed E-state index contributed by atoms with van der Waals surface area (Å²) in [6.07, 6.45) is 2.43. The summed E-state index contributed by atoms with van der Waals surface area (Å²) in [7, 11) is 3.53. The summed E-state index contributed by atoms with van der Waals surface area (Å²) in [6.45, 7) is 8.62. The molecule has 0 aliphatic carbocycles. The maximum absolute atomic E-state index is 13.5. The Morgan fingerprint density at radius 1 is 1.37 bits per heavy atom. The molecule has 1 heterocycles. The van der Waals surface area contributed by atoms with Gasteiger partial charge in [0.1, 0.15) is 5.82 Å². The summed E-state index contributed by atoms with van der Waals surface area (Å²) in [6, 6.07) is 7.32. The maximum atomic E-state index is 13.5. The molecular formula is C20H34FIN4O. The number of methoxy groups -OCH3 is 1. The standard InChI is InChI=1S/C20H33FN4O.HI/c1-20(2,16-7-5-8-17(21)13-16)15-24-19(22-3)23-14-18-9-6-10-25(18)11-12-26-4;/h5,7-8,13,18H,6,9-12,14-15H2,1-4H3,(H2,22,23,24);1H. The molecule has 2 rings (SSSR count). The number of nitrogens with zero attached hydrogens (tertiary/aromatic N) is 2. The lowest BCUT2D eigenvalue weighted by atomic mass is 9.84. The lowest BCUT2D eigenvalue weighted by molar-refractivity contribution is 0.141. The Balaban J connectivity index is 0.00000364. The van der Waals surface area contributed by atoms with Crippen LogP contribution in [0.1, 0.15) is 32.3 Å². The van der Waals surface area contributed by atoms with Gasteiger partial charge in [-0.2, -0.15) is 0 Å². The van der Waals surface area contributed by atoms with Crippen molar-refractivity contribution in [3.05, 3.63) is 35.6 Å². The maximum Gasteiger partial charge on any atom is 0.191 e. The van der Waals surface area contributed by atoms with Crippen molar-refractivity contribution in [2.24, 2.45) is 4.99 Å². The number of halogens is 2. The minimum atomic E-state index is -0.199. The first-order valence-corrected chi connectivity index (χ1v) is 9.40. The van der Waals surface area contributed by atoms with Crippen LogP contribution in [0.15, 0.2) is 29.3 Å². The highest BCUT2D eigenvalue weighted by Crippen LogP contribution is 2.22. The molecule has 154 valence electrons. The molecule has 1 atom stereocenters. The SMILES string of the molecule is CN=C(NCC1CCCN1CCOC)NCC(C)(C)c1cccc(F)c1.I. The van der Waals surface area contributed by atoms with Crippen molar-refractivity contribution in [3.63, 3.8) is 0 Å². The van der Waals surface area contributed by atoms with E-state index in [2.05, 4.69) is 34.4 Å². The van der Waals surface area contributed by atoms with Crippen molar-refractivity contribution in [1.29, 1.82) is 0 Å². The first-order valence-electron chi connectivity index (χ1n) is 9.40. The second-order valence-corrected chi connectivity index (χ2v) is 7.53. The zero-order chi connectivity index (χ0) is 19.0. The van der Waals surface area contributed by atoms with Crippen molar-refractivity contribution in [2.75, 3.05) is 46.9 Å². The van der Waals surface area contributed by atoms with E-state index in [4.69, 9.17) is 4.74 Å². The molecule has 1 aromatic carbocycles. The first kappa shape index (κ1) is 24.1. The summed E-state index contributed by atoms with van der Waals surface area (Å²) in [5.41, 5.74) is 0.777. The Morgan fingerprint density at radius 2 is 2.15 bits per heavy atom. The number of ether oxygens (including phenoxy) is 1. The second-order valence-electron chi connectivity index (χ2n) is 7.53. The summed E-state index contributed by atoms with van der Waals surface area (Å²) >= 11 is 0. The van der Waals surface area contributed by atoms with E-state index in [1.54, 1.807) is 26.3 Å². The van der Waals surface area contributed by atoms with Crippen molar-refractivity contribution in [1.82, 2.24) is 15.5 Å². The van der Waals surface area contributed by atoms with E-state index in [1.807, 2.05) is 6.07 Å². The lowest BCUT2D eigenvalue weighted by Gasteiger charge is -2.28. The van der Waals surface area contributed by atoms with Crippen molar-refractivity contribution >= 4 is 29.9 Å². The van der Waals surface area contributed by atoms with Crippen LogP contribution in [0.25, 0.3) is 0 Å². The van der Waals surface area contributed by atoms with E-state index in [-0.39, 0.29) is 35.2 Å². The molecule has 0 aromatic heterocycles. The second kappa shape index (κ2) is 11.8. The first-order chi connectivity index (χ1) is 12.5. The number of guanidine groups is 1. The molecule has 0 bridgehead atoms. The molecular weight excluding hydrogens is 458 g/mol. The van der Waals surface area contributed by atoms with Gasteiger partial charge < -0.3 is 15.4 Å². The van der Waals surface area contributed by atoms with Crippen LogP contribution < -0.4 is 10.6 Å². The normalized spacial score (nSPS) is 18.3. The van der Waals surface area contributed by atoms with Gasteiger partial charge >= 0.3 is 0 Å². The van der Waals surface area contributed by atoms with Gasteiger partial charge in [0.25, 0.3) is 0 Å². The van der Waals surface area contributed by atoms with Gasteiger partial charge in [-0.05, 0) is 37.1 Å². The summed E-state index contributed by atoms with van der Waals surface area (Å²) in [5.74, 6) is 0.587. The minimum absolute atomic E-state index is 0. The molecule has 5 nitrogen and oxygen atoms in total. The molecule has 1 unspecified atom stereocenters. The Labute approximate surface area is 180 Å². The largest absolute Gasteiger partial charge is 0.383 e. The lowest BCUT2D eigenvalue weighted by Crippen LogP contribution is -2.48. The van der Waals surface area contributed by atoms with Crippen LogP contribution in [0.5, 0.6) is 0 Å². The number of nitrogens with one attached hydrogen (secondary N) is 2. The van der Waals surface area contributed by atoms with Crippen LogP contribution in [-0.4, -0.2) is 63.8 Å². The van der Waals surface area contributed by atoms with Crippen LogP contribution in [0.3, 0.4) is 0 Å². The minimum Gasteiger partial charge on any atom is -0.383 e. The molecule has 27 heavy (non-hydrogen) atoms. The van der Waals surface area contributed by atoms with Crippen molar-refractivity contribution in [2.45, 2.75) is 38.1 Å². The Morgan fingerprint density at radius 3 is 2.81 bits per heavy atom. The van der Waals surface area contributed by atoms with Crippen LogP contribution in [0.4, 0.5) is 4.39 Å². The number of hydrogen-bond donors (Lipinski definition) is 2. The number of aliphatic imine (C=N–C) groups is 1. The molecule has 0 amide bonds. The van der Waals surface area contributed by atoms with Crippen LogP contribution in [0, 0.1) is 5.82 Å². The third-order valence-electron chi connectivity index (χ3n) is 5.11. The van der Waals surface area contributed by atoms with Gasteiger partial charge in [0, 0.05) is 45.2 Å². The zero-order valence-corrected chi connectivity index (χ0v) is 19.3. The number of hydrogen-bond acceptors (Lipinski definition) is 3.